The minimum Gasteiger partial charge on any atom is -0.494 e. The van der Waals surface area contributed by atoms with Crippen molar-refractivity contribution in [1.82, 2.24) is 14.8 Å². The lowest BCUT2D eigenvalue weighted by Gasteiger charge is -2.17. The van der Waals surface area contributed by atoms with Gasteiger partial charge in [-0.25, -0.2) is 18.4 Å². The average Bonchev–Trinajstić information content (AvgIpc) is 3.25. The molecule has 0 fully saturated rings. The van der Waals surface area contributed by atoms with Gasteiger partial charge in [-0.05, 0) is 18.2 Å². The van der Waals surface area contributed by atoms with E-state index in [1.165, 1.54) is 30.8 Å². The maximum absolute atomic E-state index is 12.9. The van der Waals surface area contributed by atoms with Gasteiger partial charge >= 0.3 is 5.97 Å². The van der Waals surface area contributed by atoms with E-state index in [0.717, 1.165) is 11.6 Å². The molecule has 0 aliphatic rings. The molecule has 0 bridgehead atoms. The minimum absolute atomic E-state index is 0.158. The first-order valence-electron chi connectivity index (χ1n) is 10.2. The Morgan fingerprint density at radius 3 is 2.50 bits per heavy atom. The van der Waals surface area contributed by atoms with Gasteiger partial charge in [-0.2, -0.15) is 5.10 Å². The predicted octanol–water partition coefficient (Wildman–Crippen LogP) is 4.74. The SMILES string of the molecule is COc1cc2nn(C(OC(C)=O)c3ccccc3)cc2cc1NC(=O)c1cccc(C(F)F)n1. The van der Waals surface area contributed by atoms with Crippen molar-refractivity contribution in [3.05, 3.63) is 83.8 Å². The standard InChI is InChI=1S/C24H20F2N4O4/c1-14(31)34-24(15-7-4-3-5-8-15)30-13-16-11-20(21(33-2)12-19(16)29-30)28-23(32)18-10-6-9-17(27-18)22(25)26/h3-13,22,24H,1-2H3,(H,28,32). The Bertz CT molecular complexity index is 1340. The number of benzene rings is 2. The third kappa shape index (κ3) is 4.85. The third-order valence-corrected chi connectivity index (χ3v) is 4.92. The second kappa shape index (κ2) is 9.65. The van der Waals surface area contributed by atoms with Crippen LogP contribution in [0.1, 0.15) is 41.3 Å². The fraction of sp³-hybridized carbons (Fsp3) is 0.167. The molecular weight excluding hydrogens is 446 g/mol. The fourth-order valence-corrected chi connectivity index (χ4v) is 3.39. The highest BCUT2D eigenvalue weighted by Crippen LogP contribution is 2.32. The second-order valence-electron chi connectivity index (χ2n) is 7.30. The molecular formula is C24H20F2N4O4. The smallest absolute Gasteiger partial charge is 0.304 e. The summed E-state index contributed by atoms with van der Waals surface area (Å²) in [5.41, 5.74) is 0.896. The Labute approximate surface area is 193 Å². The minimum atomic E-state index is -2.79. The average molecular weight is 466 g/mol. The number of rotatable bonds is 7. The van der Waals surface area contributed by atoms with Crippen molar-refractivity contribution < 1.29 is 27.8 Å². The molecule has 1 N–H and O–H groups in total. The first kappa shape index (κ1) is 22.8. The van der Waals surface area contributed by atoms with Gasteiger partial charge in [0.25, 0.3) is 12.3 Å². The van der Waals surface area contributed by atoms with Gasteiger partial charge in [0.2, 0.25) is 6.23 Å². The van der Waals surface area contributed by atoms with E-state index >= 15 is 0 Å². The molecule has 4 rings (SSSR count). The number of carbonyl (C=O) groups is 2. The van der Waals surface area contributed by atoms with Crippen molar-refractivity contribution in [2.75, 3.05) is 12.4 Å². The van der Waals surface area contributed by atoms with Gasteiger partial charge < -0.3 is 14.8 Å². The summed E-state index contributed by atoms with van der Waals surface area (Å²) < 4.78 is 38.3. The number of methoxy groups -OCH3 is 1. The van der Waals surface area contributed by atoms with Crippen LogP contribution in [-0.2, 0) is 9.53 Å². The van der Waals surface area contributed by atoms with Crippen LogP contribution in [0.15, 0.2) is 66.9 Å². The first-order valence-corrected chi connectivity index (χ1v) is 10.2. The van der Waals surface area contributed by atoms with E-state index in [1.807, 2.05) is 30.3 Å². The molecule has 1 atom stereocenters. The van der Waals surface area contributed by atoms with Crippen LogP contribution in [-0.4, -0.2) is 33.8 Å². The van der Waals surface area contributed by atoms with Crippen LogP contribution in [0, 0.1) is 0 Å². The van der Waals surface area contributed by atoms with E-state index in [9.17, 15) is 18.4 Å². The number of hydrogen-bond acceptors (Lipinski definition) is 6. The molecule has 0 saturated heterocycles. The Morgan fingerprint density at radius 1 is 1.06 bits per heavy atom. The molecule has 2 heterocycles. The van der Waals surface area contributed by atoms with Gasteiger partial charge in [-0.1, -0.05) is 36.4 Å². The normalized spacial score (nSPS) is 11.9. The number of hydrogen-bond donors (Lipinski definition) is 1. The lowest BCUT2D eigenvalue weighted by Crippen LogP contribution is -2.17. The predicted molar refractivity (Wildman–Crippen MR) is 120 cm³/mol. The number of esters is 1. The molecule has 34 heavy (non-hydrogen) atoms. The molecule has 0 aliphatic heterocycles. The van der Waals surface area contributed by atoms with E-state index in [2.05, 4.69) is 15.4 Å². The van der Waals surface area contributed by atoms with Crippen molar-refractivity contribution >= 4 is 28.5 Å². The molecule has 0 saturated carbocycles. The number of halogens is 2. The van der Waals surface area contributed by atoms with Crippen LogP contribution in [0.4, 0.5) is 14.5 Å². The number of amides is 1. The van der Waals surface area contributed by atoms with Crippen LogP contribution in [0.2, 0.25) is 0 Å². The molecule has 10 heteroatoms. The van der Waals surface area contributed by atoms with Crippen LogP contribution in [0.5, 0.6) is 5.75 Å². The van der Waals surface area contributed by atoms with Crippen molar-refractivity contribution in [2.24, 2.45) is 0 Å². The summed E-state index contributed by atoms with van der Waals surface area (Å²) in [4.78, 5) is 28.1. The maximum atomic E-state index is 12.9. The lowest BCUT2D eigenvalue weighted by molar-refractivity contribution is -0.148. The van der Waals surface area contributed by atoms with Gasteiger partial charge in [0, 0.05) is 30.1 Å². The zero-order valence-electron chi connectivity index (χ0n) is 18.2. The van der Waals surface area contributed by atoms with Gasteiger partial charge in [0.15, 0.2) is 0 Å². The molecule has 4 aromatic rings. The van der Waals surface area contributed by atoms with Crippen LogP contribution < -0.4 is 10.1 Å². The zero-order chi connectivity index (χ0) is 24.2. The summed E-state index contributed by atoms with van der Waals surface area (Å²) in [7, 11) is 1.43. The lowest BCUT2D eigenvalue weighted by atomic mass is 10.2. The summed E-state index contributed by atoms with van der Waals surface area (Å²) in [5.74, 6) is -0.841. The topological polar surface area (TPSA) is 95.3 Å². The molecule has 1 unspecified atom stereocenters. The molecule has 174 valence electrons. The largest absolute Gasteiger partial charge is 0.494 e. The Kier molecular flexibility index (Phi) is 6.48. The molecule has 2 aromatic heterocycles. The maximum Gasteiger partial charge on any atom is 0.304 e. The van der Waals surface area contributed by atoms with E-state index in [0.29, 0.717) is 22.3 Å². The Balaban J connectivity index is 1.69. The summed E-state index contributed by atoms with van der Waals surface area (Å²) >= 11 is 0. The third-order valence-electron chi connectivity index (χ3n) is 4.92. The molecule has 0 aliphatic carbocycles. The van der Waals surface area contributed by atoms with E-state index in [1.54, 1.807) is 18.3 Å². The number of fused-ring (bicyclic) bond motifs is 1. The zero-order valence-corrected chi connectivity index (χ0v) is 18.2. The number of nitrogens with zero attached hydrogens (tertiary/aromatic N) is 3. The van der Waals surface area contributed by atoms with Crippen LogP contribution in [0.25, 0.3) is 10.9 Å². The van der Waals surface area contributed by atoms with Crippen molar-refractivity contribution in [1.29, 1.82) is 0 Å². The number of alkyl halides is 2. The fourth-order valence-electron chi connectivity index (χ4n) is 3.39. The number of carbonyl (C=O) groups excluding carboxylic acids is 2. The van der Waals surface area contributed by atoms with Crippen molar-refractivity contribution in [3.8, 4) is 5.75 Å². The molecule has 0 spiro atoms. The van der Waals surface area contributed by atoms with Gasteiger partial charge in [0.05, 0.1) is 18.3 Å². The summed E-state index contributed by atoms with van der Waals surface area (Å²) in [6, 6.07) is 16.2. The van der Waals surface area contributed by atoms with Gasteiger partial charge in [0.1, 0.15) is 17.1 Å². The molecule has 8 nitrogen and oxygen atoms in total. The molecule has 2 aromatic carbocycles. The van der Waals surface area contributed by atoms with Gasteiger partial charge in [-0.15, -0.1) is 0 Å². The van der Waals surface area contributed by atoms with Crippen LogP contribution in [0.3, 0.4) is 0 Å². The monoisotopic (exact) mass is 466 g/mol. The van der Waals surface area contributed by atoms with Gasteiger partial charge in [-0.3, -0.25) is 9.59 Å². The number of ether oxygens (including phenoxy) is 2. The molecule has 0 radical (unpaired) electrons. The summed E-state index contributed by atoms with van der Waals surface area (Å²) in [5, 5.41) is 7.78. The van der Waals surface area contributed by atoms with Crippen molar-refractivity contribution in [3.63, 3.8) is 0 Å². The Hall–Kier alpha value is -4.34. The van der Waals surface area contributed by atoms with E-state index in [4.69, 9.17) is 9.47 Å². The highest BCUT2D eigenvalue weighted by molar-refractivity contribution is 6.05. The van der Waals surface area contributed by atoms with Crippen molar-refractivity contribution in [2.45, 2.75) is 19.6 Å². The van der Waals surface area contributed by atoms with E-state index < -0.39 is 30.2 Å². The highest BCUT2D eigenvalue weighted by atomic mass is 19.3. The summed E-state index contributed by atoms with van der Waals surface area (Å²) in [6.07, 6.45) is -1.92. The number of anilines is 1. The summed E-state index contributed by atoms with van der Waals surface area (Å²) in [6.45, 7) is 1.31. The molecule has 1 amide bonds. The quantitative estimate of drug-likeness (QED) is 0.396. The highest BCUT2D eigenvalue weighted by Gasteiger charge is 2.20. The number of nitrogens with one attached hydrogen (secondary N) is 1. The second-order valence-corrected chi connectivity index (χ2v) is 7.30. The first-order chi connectivity index (χ1) is 16.4. The number of pyridine rings is 1. The van der Waals surface area contributed by atoms with E-state index in [-0.39, 0.29) is 5.69 Å². The van der Waals surface area contributed by atoms with Crippen LogP contribution >= 0.6 is 0 Å². The Morgan fingerprint density at radius 2 is 1.82 bits per heavy atom. The number of aromatic nitrogens is 3.